The van der Waals surface area contributed by atoms with Crippen molar-refractivity contribution in [2.75, 3.05) is 12.4 Å². The number of hydrogen-bond donors (Lipinski definition) is 1. The van der Waals surface area contributed by atoms with Crippen LogP contribution in [0.25, 0.3) is 0 Å². The molecule has 134 valence electrons. The molecule has 1 aliphatic rings. The van der Waals surface area contributed by atoms with Crippen molar-refractivity contribution in [3.05, 3.63) is 64.2 Å². The minimum atomic E-state index is -1.42. The van der Waals surface area contributed by atoms with Crippen LogP contribution in [0, 0.1) is 0 Å². The number of hydrogen-bond acceptors (Lipinski definition) is 5. The Kier molecular flexibility index (Phi) is 4.70. The molecule has 2 aromatic rings. The van der Waals surface area contributed by atoms with Crippen LogP contribution in [-0.4, -0.2) is 30.6 Å². The molecule has 0 aromatic heterocycles. The van der Waals surface area contributed by atoms with E-state index >= 15 is 0 Å². The number of fused-ring (bicyclic) bond motifs is 1. The second-order valence-corrected chi connectivity index (χ2v) is 6.53. The van der Waals surface area contributed by atoms with Gasteiger partial charge in [0.2, 0.25) is 0 Å². The Bertz CT molecular complexity index is 911. The van der Waals surface area contributed by atoms with Gasteiger partial charge in [-0.25, -0.2) is 9.59 Å². The predicted molar refractivity (Wildman–Crippen MR) is 95.4 cm³/mol. The first-order chi connectivity index (χ1) is 12.3. The third kappa shape index (κ3) is 3.28. The molecule has 7 heteroatoms. The molecule has 0 saturated carbocycles. The van der Waals surface area contributed by atoms with Crippen molar-refractivity contribution < 1.29 is 23.9 Å². The summed E-state index contributed by atoms with van der Waals surface area (Å²) in [6.45, 7) is 1.53. The zero-order valence-electron chi connectivity index (χ0n) is 14.2. The summed E-state index contributed by atoms with van der Waals surface area (Å²) >= 11 is 5.91. The molecular weight excluding hydrogens is 358 g/mol. The fourth-order valence-corrected chi connectivity index (χ4v) is 2.99. The lowest BCUT2D eigenvalue weighted by Crippen LogP contribution is -2.49. The lowest BCUT2D eigenvalue weighted by Gasteiger charge is -2.33. The van der Waals surface area contributed by atoms with Crippen molar-refractivity contribution in [1.29, 1.82) is 0 Å². The molecule has 1 aliphatic heterocycles. The Labute approximate surface area is 155 Å². The second kappa shape index (κ2) is 6.80. The summed E-state index contributed by atoms with van der Waals surface area (Å²) in [5.41, 5.74) is 0.0910. The van der Waals surface area contributed by atoms with Gasteiger partial charge < -0.3 is 14.8 Å². The highest BCUT2D eigenvalue weighted by Gasteiger charge is 2.43. The molecule has 1 atom stereocenters. The van der Waals surface area contributed by atoms with Crippen LogP contribution in [-0.2, 0) is 20.7 Å². The van der Waals surface area contributed by atoms with E-state index in [0.29, 0.717) is 16.1 Å². The molecule has 1 heterocycles. The van der Waals surface area contributed by atoms with Gasteiger partial charge in [0.15, 0.2) is 5.60 Å². The van der Waals surface area contributed by atoms with E-state index < -0.39 is 23.4 Å². The Morgan fingerprint density at radius 3 is 2.69 bits per heavy atom. The number of nitrogens with one attached hydrogen (secondary N) is 1. The van der Waals surface area contributed by atoms with Crippen LogP contribution in [0.2, 0.25) is 5.02 Å². The highest BCUT2D eigenvalue weighted by atomic mass is 35.5. The van der Waals surface area contributed by atoms with E-state index in [2.05, 4.69) is 5.32 Å². The number of carbonyl (C=O) groups is 3. The summed E-state index contributed by atoms with van der Waals surface area (Å²) in [6.07, 6.45) is 0.192. The van der Waals surface area contributed by atoms with Gasteiger partial charge in [-0.05, 0) is 36.8 Å². The fourth-order valence-electron chi connectivity index (χ4n) is 2.81. The van der Waals surface area contributed by atoms with Gasteiger partial charge in [0, 0.05) is 11.4 Å². The number of para-hydroxylation sites is 1. The number of methoxy groups -OCH3 is 1. The largest absolute Gasteiger partial charge is 0.465 e. The summed E-state index contributed by atoms with van der Waals surface area (Å²) in [6, 6.07) is 11.3. The number of carbonyl (C=O) groups excluding carboxylic acids is 3. The summed E-state index contributed by atoms with van der Waals surface area (Å²) < 4.78 is 10.1. The van der Waals surface area contributed by atoms with Gasteiger partial charge in [0.25, 0.3) is 5.91 Å². The molecule has 1 amide bonds. The molecule has 1 N–H and O–H groups in total. The van der Waals surface area contributed by atoms with Crippen LogP contribution in [0.1, 0.15) is 33.2 Å². The smallest absolute Gasteiger partial charge is 0.339 e. The van der Waals surface area contributed by atoms with Crippen LogP contribution in [0.5, 0.6) is 0 Å². The predicted octanol–water partition coefficient (Wildman–Crippen LogP) is 3.24. The van der Waals surface area contributed by atoms with E-state index in [4.69, 9.17) is 21.1 Å². The number of esters is 2. The van der Waals surface area contributed by atoms with Crippen LogP contribution in [0.3, 0.4) is 0 Å². The summed E-state index contributed by atoms with van der Waals surface area (Å²) in [5.74, 6) is -1.73. The maximum Gasteiger partial charge on any atom is 0.339 e. The third-order valence-electron chi connectivity index (χ3n) is 4.20. The molecule has 0 saturated heterocycles. The maximum atomic E-state index is 12.8. The van der Waals surface area contributed by atoms with E-state index in [1.165, 1.54) is 26.2 Å². The molecule has 26 heavy (non-hydrogen) atoms. The van der Waals surface area contributed by atoms with E-state index in [1.54, 1.807) is 30.3 Å². The standard InChI is InChI=1S/C19H16ClNO5/c1-19(10-11-7-8-12(20)9-14(11)17(23)26-19)18(24)21-15-6-4-3-5-13(15)16(22)25-2/h3-9H,10H2,1-2H3,(H,21,24)/t19-/m0/s1. The molecule has 0 bridgehead atoms. The first kappa shape index (κ1) is 17.9. The lowest BCUT2D eigenvalue weighted by atomic mass is 9.89. The average Bonchev–Trinajstić information content (AvgIpc) is 2.62. The van der Waals surface area contributed by atoms with Gasteiger partial charge in [-0.3, -0.25) is 4.79 Å². The van der Waals surface area contributed by atoms with Gasteiger partial charge in [-0.2, -0.15) is 0 Å². The minimum Gasteiger partial charge on any atom is -0.465 e. The van der Waals surface area contributed by atoms with E-state index in [9.17, 15) is 14.4 Å². The van der Waals surface area contributed by atoms with Crippen molar-refractivity contribution >= 4 is 35.1 Å². The van der Waals surface area contributed by atoms with E-state index in [1.807, 2.05) is 0 Å². The number of amides is 1. The normalized spacial score (nSPS) is 18.5. The second-order valence-electron chi connectivity index (χ2n) is 6.09. The Hall–Kier alpha value is -2.86. The van der Waals surface area contributed by atoms with Crippen LogP contribution in [0.15, 0.2) is 42.5 Å². The summed E-state index contributed by atoms with van der Waals surface area (Å²) in [5, 5.41) is 3.07. The van der Waals surface area contributed by atoms with Crippen LogP contribution < -0.4 is 5.32 Å². The number of halogens is 1. The molecule has 0 aliphatic carbocycles. The van der Waals surface area contributed by atoms with E-state index in [-0.39, 0.29) is 17.7 Å². The minimum absolute atomic E-state index is 0.192. The first-order valence-corrected chi connectivity index (χ1v) is 8.22. The number of cyclic esters (lactones) is 1. The van der Waals surface area contributed by atoms with Crippen molar-refractivity contribution in [1.82, 2.24) is 0 Å². The highest BCUT2D eigenvalue weighted by molar-refractivity contribution is 6.31. The topological polar surface area (TPSA) is 81.7 Å². The first-order valence-electron chi connectivity index (χ1n) is 7.84. The Morgan fingerprint density at radius 1 is 1.23 bits per heavy atom. The highest BCUT2D eigenvalue weighted by Crippen LogP contribution is 2.31. The van der Waals surface area contributed by atoms with Gasteiger partial charge in [-0.15, -0.1) is 0 Å². The van der Waals surface area contributed by atoms with Crippen molar-refractivity contribution in [3.8, 4) is 0 Å². The molecule has 0 fully saturated rings. The molecule has 0 unspecified atom stereocenters. The summed E-state index contributed by atoms with van der Waals surface area (Å²) in [7, 11) is 1.26. The Morgan fingerprint density at radius 2 is 1.96 bits per heavy atom. The SMILES string of the molecule is COC(=O)c1ccccc1NC(=O)[C@]1(C)Cc2ccc(Cl)cc2C(=O)O1. The van der Waals surface area contributed by atoms with Crippen molar-refractivity contribution in [3.63, 3.8) is 0 Å². The molecule has 0 spiro atoms. The van der Waals surface area contributed by atoms with Crippen molar-refractivity contribution in [2.24, 2.45) is 0 Å². The molecule has 2 aromatic carbocycles. The zero-order valence-corrected chi connectivity index (χ0v) is 14.9. The monoisotopic (exact) mass is 373 g/mol. The van der Waals surface area contributed by atoms with Gasteiger partial charge in [0.05, 0.1) is 23.9 Å². The maximum absolute atomic E-state index is 12.8. The van der Waals surface area contributed by atoms with Crippen LogP contribution in [0.4, 0.5) is 5.69 Å². The average molecular weight is 374 g/mol. The number of rotatable bonds is 3. The number of anilines is 1. The molecule has 3 rings (SSSR count). The fraction of sp³-hybridized carbons (Fsp3) is 0.211. The van der Waals surface area contributed by atoms with Crippen molar-refractivity contribution in [2.45, 2.75) is 18.9 Å². The van der Waals surface area contributed by atoms with Crippen LogP contribution >= 0.6 is 11.6 Å². The molecule has 6 nitrogen and oxygen atoms in total. The zero-order chi connectivity index (χ0) is 18.9. The van der Waals surface area contributed by atoms with E-state index in [0.717, 1.165) is 0 Å². The van der Waals surface area contributed by atoms with Gasteiger partial charge in [0.1, 0.15) is 0 Å². The van der Waals surface area contributed by atoms with Gasteiger partial charge in [-0.1, -0.05) is 29.8 Å². The third-order valence-corrected chi connectivity index (χ3v) is 4.43. The quantitative estimate of drug-likeness (QED) is 0.835. The molecular formula is C19H16ClNO5. The number of benzene rings is 2. The van der Waals surface area contributed by atoms with Gasteiger partial charge >= 0.3 is 11.9 Å². The lowest BCUT2D eigenvalue weighted by molar-refractivity contribution is -0.134. The molecule has 0 radical (unpaired) electrons. The number of ether oxygens (including phenoxy) is 2. The summed E-state index contributed by atoms with van der Waals surface area (Å²) in [4.78, 5) is 37.0. The Balaban J connectivity index is 1.88.